The summed E-state index contributed by atoms with van der Waals surface area (Å²) in [7, 11) is 3.75. The molecule has 0 aliphatic heterocycles. The molecule has 0 heterocycles. The van der Waals surface area contributed by atoms with Gasteiger partial charge in [-0.1, -0.05) is 6.92 Å². The number of rotatable bonds is 12. The maximum absolute atomic E-state index is 5.57. The van der Waals surface area contributed by atoms with Crippen molar-refractivity contribution >= 4 is 0 Å². The van der Waals surface area contributed by atoms with Gasteiger partial charge in [-0.3, -0.25) is 0 Å². The van der Waals surface area contributed by atoms with Crippen molar-refractivity contribution in [1.29, 1.82) is 0 Å². The van der Waals surface area contributed by atoms with Crippen molar-refractivity contribution < 1.29 is 14.2 Å². The lowest BCUT2D eigenvalue weighted by atomic mass is 10.2. The molecule has 1 atom stereocenters. The van der Waals surface area contributed by atoms with E-state index in [9.17, 15) is 0 Å². The number of likely N-dealkylation sites (N-methyl/N-ethyl adjacent to an activating group) is 1. The van der Waals surface area contributed by atoms with Gasteiger partial charge >= 0.3 is 0 Å². The predicted molar refractivity (Wildman–Crippen MR) is 69.2 cm³/mol. The molecule has 0 amide bonds. The summed E-state index contributed by atoms with van der Waals surface area (Å²) in [6.07, 6.45) is 0. The van der Waals surface area contributed by atoms with Gasteiger partial charge in [0.05, 0.1) is 33.0 Å². The Balaban J connectivity index is 3.16. The topological polar surface area (TPSA) is 57.0 Å². The maximum Gasteiger partial charge on any atom is 0.0701 e. The van der Waals surface area contributed by atoms with E-state index >= 15 is 0 Å². The van der Waals surface area contributed by atoms with E-state index in [0.717, 1.165) is 26.2 Å². The normalized spacial score (nSPS) is 13.2. The number of nitrogens with zero attached hydrogens (tertiary/aromatic N) is 1. The molecule has 0 saturated carbocycles. The second-order valence-electron chi connectivity index (χ2n) is 4.32. The molecule has 0 fully saturated rings. The van der Waals surface area contributed by atoms with Gasteiger partial charge in [0.25, 0.3) is 0 Å². The first kappa shape index (κ1) is 16.8. The molecular weight excluding hydrogens is 220 g/mol. The van der Waals surface area contributed by atoms with Crippen LogP contribution in [0.15, 0.2) is 0 Å². The molecule has 5 nitrogen and oxygen atoms in total. The highest BCUT2D eigenvalue weighted by molar-refractivity contribution is 4.58. The Morgan fingerprint density at radius 2 is 1.65 bits per heavy atom. The van der Waals surface area contributed by atoms with Crippen molar-refractivity contribution in [3.8, 4) is 0 Å². The van der Waals surface area contributed by atoms with Gasteiger partial charge in [0.1, 0.15) is 0 Å². The lowest BCUT2D eigenvalue weighted by molar-refractivity contribution is 0.0203. The van der Waals surface area contributed by atoms with Gasteiger partial charge in [0.2, 0.25) is 0 Å². The summed E-state index contributed by atoms with van der Waals surface area (Å²) in [5, 5.41) is 0. The first-order chi connectivity index (χ1) is 8.20. The van der Waals surface area contributed by atoms with Gasteiger partial charge in [-0.25, -0.2) is 0 Å². The molecule has 0 spiro atoms. The molecule has 104 valence electrons. The average molecular weight is 248 g/mol. The molecule has 0 radical (unpaired) electrons. The fourth-order valence-corrected chi connectivity index (χ4v) is 1.38. The average Bonchev–Trinajstić information content (AvgIpc) is 2.32. The fraction of sp³-hybridized carbons (Fsp3) is 1.00. The zero-order valence-electron chi connectivity index (χ0n) is 11.5. The summed E-state index contributed by atoms with van der Waals surface area (Å²) < 4.78 is 15.6. The van der Waals surface area contributed by atoms with Crippen molar-refractivity contribution in [3.63, 3.8) is 0 Å². The minimum absolute atomic E-state index is 0.539. The number of ether oxygens (including phenoxy) is 3. The molecule has 1 unspecified atom stereocenters. The van der Waals surface area contributed by atoms with Crippen molar-refractivity contribution in [1.82, 2.24) is 4.90 Å². The smallest absolute Gasteiger partial charge is 0.0701 e. The van der Waals surface area contributed by atoms with Crippen molar-refractivity contribution in [3.05, 3.63) is 0 Å². The van der Waals surface area contributed by atoms with Gasteiger partial charge in [0.15, 0.2) is 0 Å². The van der Waals surface area contributed by atoms with Crippen LogP contribution in [0.25, 0.3) is 0 Å². The second-order valence-corrected chi connectivity index (χ2v) is 4.32. The summed E-state index contributed by atoms with van der Waals surface area (Å²) >= 11 is 0. The van der Waals surface area contributed by atoms with Crippen LogP contribution in [0.3, 0.4) is 0 Å². The summed E-state index contributed by atoms with van der Waals surface area (Å²) in [5.41, 5.74) is 5.57. The van der Waals surface area contributed by atoms with Crippen molar-refractivity contribution in [2.45, 2.75) is 6.92 Å². The highest BCUT2D eigenvalue weighted by atomic mass is 16.5. The third-order valence-electron chi connectivity index (χ3n) is 2.45. The molecule has 0 aromatic heterocycles. The molecular formula is C12H28N2O3. The largest absolute Gasteiger partial charge is 0.382 e. The molecule has 0 aromatic rings. The van der Waals surface area contributed by atoms with E-state index in [4.69, 9.17) is 19.9 Å². The molecule has 0 aliphatic rings. The van der Waals surface area contributed by atoms with Crippen LogP contribution >= 0.6 is 0 Å². The Kier molecular flexibility index (Phi) is 12.1. The fourth-order valence-electron chi connectivity index (χ4n) is 1.38. The zero-order chi connectivity index (χ0) is 12.9. The molecule has 0 bridgehead atoms. The Labute approximate surface area is 105 Å². The van der Waals surface area contributed by atoms with Gasteiger partial charge in [-0.15, -0.1) is 0 Å². The minimum atomic E-state index is 0.539. The summed E-state index contributed by atoms with van der Waals surface area (Å²) in [5.74, 6) is 0.539. The SMILES string of the molecule is COCCOCCOCCN(C)CC(C)CN. The van der Waals surface area contributed by atoms with E-state index in [1.807, 2.05) is 0 Å². The first-order valence-corrected chi connectivity index (χ1v) is 6.23. The predicted octanol–water partition coefficient (Wildman–Crippen LogP) is 0.193. The van der Waals surface area contributed by atoms with Crippen LogP contribution < -0.4 is 5.73 Å². The summed E-state index contributed by atoms with van der Waals surface area (Å²) in [6, 6.07) is 0. The van der Waals surface area contributed by atoms with Crippen molar-refractivity contribution in [2.24, 2.45) is 11.7 Å². The van der Waals surface area contributed by atoms with Crippen LogP contribution in [0, 0.1) is 5.92 Å². The Bertz CT molecular complexity index is 159. The molecule has 0 aromatic carbocycles. The van der Waals surface area contributed by atoms with E-state index in [1.165, 1.54) is 0 Å². The first-order valence-electron chi connectivity index (χ1n) is 6.23. The summed E-state index contributed by atoms with van der Waals surface area (Å²) in [6.45, 7) is 8.12. The van der Waals surface area contributed by atoms with Crippen LogP contribution in [0.4, 0.5) is 0 Å². The monoisotopic (exact) mass is 248 g/mol. The number of hydrogen-bond acceptors (Lipinski definition) is 5. The van der Waals surface area contributed by atoms with Crippen LogP contribution in [-0.4, -0.2) is 71.7 Å². The lowest BCUT2D eigenvalue weighted by Crippen LogP contribution is -2.31. The van der Waals surface area contributed by atoms with Crippen LogP contribution in [0.5, 0.6) is 0 Å². The molecule has 0 aliphatic carbocycles. The standard InChI is InChI=1S/C12H28N2O3/c1-12(10-13)11-14(2)4-5-16-8-9-17-7-6-15-3/h12H,4-11,13H2,1-3H3. The highest BCUT2D eigenvalue weighted by Gasteiger charge is 2.03. The van der Waals surface area contributed by atoms with E-state index < -0.39 is 0 Å². The van der Waals surface area contributed by atoms with E-state index in [1.54, 1.807) is 7.11 Å². The zero-order valence-corrected chi connectivity index (χ0v) is 11.5. The van der Waals surface area contributed by atoms with E-state index in [2.05, 4.69) is 18.9 Å². The van der Waals surface area contributed by atoms with E-state index in [-0.39, 0.29) is 0 Å². The Morgan fingerprint density at radius 1 is 1.06 bits per heavy atom. The molecule has 0 saturated heterocycles. The third-order valence-corrected chi connectivity index (χ3v) is 2.45. The number of hydrogen-bond donors (Lipinski definition) is 1. The number of methoxy groups -OCH3 is 1. The summed E-state index contributed by atoms with van der Waals surface area (Å²) in [4.78, 5) is 2.24. The maximum atomic E-state index is 5.57. The number of nitrogens with two attached hydrogens (primary N) is 1. The Morgan fingerprint density at radius 3 is 2.24 bits per heavy atom. The molecule has 17 heavy (non-hydrogen) atoms. The van der Waals surface area contributed by atoms with Crippen molar-refractivity contribution in [2.75, 3.05) is 66.8 Å². The van der Waals surface area contributed by atoms with Gasteiger partial charge in [-0.05, 0) is 19.5 Å². The van der Waals surface area contributed by atoms with Gasteiger partial charge < -0.3 is 24.8 Å². The quantitative estimate of drug-likeness (QED) is 0.500. The Hall–Kier alpha value is -0.200. The minimum Gasteiger partial charge on any atom is -0.382 e. The highest BCUT2D eigenvalue weighted by Crippen LogP contribution is 1.94. The third kappa shape index (κ3) is 12.1. The van der Waals surface area contributed by atoms with Gasteiger partial charge in [0, 0.05) is 20.2 Å². The van der Waals surface area contributed by atoms with Crippen LogP contribution in [0.1, 0.15) is 6.92 Å². The molecule has 2 N–H and O–H groups in total. The second kappa shape index (κ2) is 12.3. The van der Waals surface area contributed by atoms with Crippen LogP contribution in [0.2, 0.25) is 0 Å². The van der Waals surface area contributed by atoms with E-state index in [0.29, 0.717) is 32.3 Å². The molecule has 0 rings (SSSR count). The van der Waals surface area contributed by atoms with Gasteiger partial charge in [-0.2, -0.15) is 0 Å². The molecule has 5 heteroatoms. The van der Waals surface area contributed by atoms with Crippen LogP contribution in [-0.2, 0) is 14.2 Å². The lowest BCUT2D eigenvalue weighted by Gasteiger charge is -2.20.